The Labute approximate surface area is 202 Å². The molecule has 2 aliphatic rings. The lowest BCUT2D eigenvalue weighted by Crippen LogP contribution is -2.38. The fourth-order valence-electron chi connectivity index (χ4n) is 4.19. The summed E-state index contributed by atoms with van der Waals surface area (Å²) in [7, 11) is 1.30. The zero-order valence-electron chi connectivity index (χ0n) is 19.2. The number of carbonyl (C=O) groups excluding carboxylic acids is 2. The number of halogens is 1. The minimum Gasteiger partial charge on any atom is -0.466 e. The number of fused-ring (bicyclic) bond motifs is 1. The van der Waals surface area contributed by atoms with E-state index in [1.807, 2.05) is 49.6 Å². The van der Waals surface area contributed by atoms with Crippen molar-refractivity contribution in [2.45, 2.75) is 38.8 Å². The number of carbonyl (C=O) groups is 2. The smallest absolute Gasteiger partial charge is 0.338 e. The predicted octanol–water partition coefficient (Wildman–Crippen LogP) is 5.23. The highest BCUT2D eigenvalue weighted by Gasteiger charge is 2.42. The number of amides is 1. The Morgan fingerprint density at radius 2 is 1.88 bits per heavy atom. The highest BCUT2D eigenvalue weighted by atomic mass is 32.2. The molecule has 0 spiro atoms. The maximum absolute atomic E-state index is 15.0. The second-order valence-corrected chi connectivity index (χ2v) is 8.83. The monoisotopic (exact) mass is 479 g/mol. The lowest BCUT2D eigenvalue weighted by Gasteiger charge is -2.36. The summed E-state index contributed by atoms with van der Waals surface area (Å²) in [5, 5.41) is 5.46. The SMILES string of the molecule is CCC1=C(C(=O)OC)C(c2ccccc2F)N2C(CC(=O)NC(C)c3ccccc3)=CSC2=N1. The first kappa shape index (κ1) is 23.8. The quantitative estimate of drug-likeness (QED) is 0.551. The molecule has 1 N–H and O–H groups in total. The van der Waals surface area contributed by atoms with Crippen molar-refractivity contribution in [3.8, 4) is 0 Å². The third-order valence-electron chi connectivity index (χ3n) is 5.85. The zero-order chi connectivity index (χ0) is 24.2. The highest BCUT2D eigenvalue weighted by molar-refractivity contribution is 8.16. The molecule has 0 aliphatic carbocycles. The third-order valence-corrected chi connectivity index (χ3v) is 6.74. The van der Waals surface area contributed by atoms with Gasteiger partial charge >= 0.3 is 5.97 Å². The van der Waals surface area contributed by atoms with Crippen molar-refractivity contribution >= 4 is 28.8 Å². The molecule has 8 heteroatoms. The summed E-state index contributed by atoms with van der Waals surface area (Å²) in [6, 6.07) is 15.1. The molecule has 176 valence electrons. The van der Waals surface area contributed by atoms with E-state index in [0.29, 0.717) is 28.5 Å². The van der Waals surface area contributed by atoms with Crippen LogP contribution in [-0.4, -0.2) is 29.1 Å². The lowest BCUT2D eigenvalue weighted by atomic mass is 9.92. The molecule has 0 fully saturated rings. The van der Waals surface area contributed by atoms with Crippen molar-refractivity contribution in [1.82, 2.24) is 10.2 Å². The van der Waals surface area contributed by atoms with Crippen LogP contribution >= 0.6 is 11.8 Å². The van der Waals surface area contributed by atoms with Crippen LogP contribution in [0.3, 0.4) is 0 Å². The van der Waals surface area contributed by atoms with E-state index >= 15 is 4.39 Å². The molecule has 34 heavy (non-hydrogen) atoms. The molecule has 0 bridgehead atoms. The Morgan fingerprint density at radius 1 is 1.18 bits per heavy atom. The van der Waals surface area contributed by atoms with Crippen molar-refractivity contribution in [1.29, 1.82) is 0 Å². The van der Waals surface area contributed by atoms with E-state index in [-0.39, 0.29) is 23.9 Å². The fourth-order valence-corrected chi connectivity index (χ4v) is 5.12. The number of rotatable bonds is 7. The Kier molecular flexibility index (Phi) is 7.17. The number of hydrogen-bond donors (Lipinski definition) is 1. The maximum Gasteiger partial charge on any atom is 0.338 e. The van der Waals surface area contributed by atoms with Crippen LogP contribution in [0.5, 0.6) is 0 Å². The van der Waals surface area contributed by atoms with Gasteiger partial charge < -0.3 is 15.0 Å². The number of methoxy groups -OCH3 is 1. The van der Waals surface area contributed by atoms with Gasteiger partial charge in [-0.3, -0.25) is 4.79 Å². The molecule has 4 rings (SSSR count). The Hall–Kier alpha value is -3.39. The number of nitrogens with zero attached hydrogens (tertiary/aromatic N) is 2. The summed E-state index contributed by atoms with van der Waals surface area (Å²) in [4.78, 5) is 32.2. The van der Waals surface area contributed by atoms with Gasteiger partial charge in [0.25, 0.3) is 0 Å². The number of esters is 1. The van der Waals surface area contributed by atoms with Gasteiger partial charge in [-0.15, -0.1) is 0 Å². The Balaban J connectivity index is 1.66. The standard InChI is InChI=1S/C26H26FN3O3S/c1-4-21-23(25(32)33-3)24(19-12-8-9-13-20(19)27)30-18(15-34-26(30)29-21)14-22(31)28-16(2)17-10-6-5-7-11-17/h5-13,15-16,24H,4,14H2,1-3H3,(H,28,31). The first-order valence-electron chi connectivity index (χ1n) is 11.1. The van der Waals surface area contributed by atoms with Crippen LogP contribution in [0, 0.1) is 5.82 Å². The van der Waals surface area contributed by atoms with E-state index in [9.17, 15) is 9.59 Å². The molecule has 6 nitrogen and oxygen atoms in total. The molecule has 1 amide bonds. The molecular weight excluding hydrogens is 453 g/mol. The molecule has 0 saturated heterocycles. The van der Waals surface area contributed by atoms with Gasteiger partial charge in [-0.25, -0.2) is 14.2 Å². The number of thioether (sulfide) groups is 1. The predicted molar refractivity (Wildman–Crippen MR) is 131 cm³/mol. The van der Waals surface area contributed by atoms with Crippen molar-refractivity contribution in [2.75, 3.05) is 7.11 Å². The van der Waals surface area contributed by atoms with Crippen LogP contribution < -0.4 is 5.32 Å². The number of hydrogen-bond acceptors (Lipinski definition) is 6. The van der Waals surface area contributed by atoms with E-state index in [1.54, 1.807) is 23.1 Å². The van der Waals surface area contributed by atoms with Crippen LogP contribution in [0.4, 0.5) is 4.39 Å². The molecule has 2 atom stereocenters. The van der Waals surface area contributed by atoms with E-state index in [0.717, 1.165) is 5.56 Å². The number of allylic oxidation sites excluding steroid dienone is 1. The van der Waals surface area contributed by atoms with Gasteiger partial charge in [0, 0.05) is 11.3 Å². The van der Waals surface area contributed by atoms with Crippen LogP contribution in [0.25, 0.3) is 0 Å². The van der Waals surface area contributed by atoms with Crippen molar-refractivity contribution in [3.63, 3.8) is 0 Å². The van der Waals surface area contributed by atoms with Crippen molar-refractivity contribution in [2.24, 2.45) is 4.99 Å². The molecule has 2 aliphatic heterocycles. The fraction of sp³-hybridized carbons (Fsp3) is 0.269. The van der Waals surface area contributed by atoms with E-state index in [4.69, 9.17) is 4.74 Å². The summed E-state index contributed by atoms with van der Waals surface area (Å²) in [6.07, 6.45) is 0.543. The van der Waals surface area contributed by atoms with Gasteiger partial charge in [-0.05, 0) is 30.4 Å². The third kappa shape index (κ3) is 4.63. The summed E-state index contributed by atoms with van der Waals surface area (Å²) in [5.41, 5.74) is 2.80. The van der Waals surface area contributed by atoms with E-state index in [1.165, 1.54) is 24.9 Å². The number of ether oxygens (including phenoxy) is 1. The zero-order valence-corrected chi connectivity index (χ0v) is 20.1. The second kappa shape index (κ2) is 10.3. The lowest BCUT2D eigenvalue weighted by molar-refractivity contribution is -0.136. The van der Waals surface area contributed by atoms with Gasteiger partial charge in [0.05, 0.1) is 36.9 Å². The maximum atomic E-state index is 15.0. The highest BCUT2D eigenvalue weighted by Crippen LogP contribution is 2.45. The Morgan fingerprint density at radius 3 is 2.56 bits per heavy atom. The van der Waals surface area contributed by atoms with Gasteiger partial charge in [-0.1, -0.05) is 67.2 Å². The average molecular weight is 480 g/mol. The number of benzene rings is 2. The molecule has 0 radical (unpaired) electrons. The number of aliphatic imine (C=N–C) groups is 1. The van der Waals surface area contributed by atoms with Crippen molar-refractivity contribution in [3.05, 3.63) is 93.9 Å². The average Bonchev–Trinajstić information content (AvgIpc) is 3.25. The van der Waals surface area contributed by atoms with Crippen LogP contribution in [0.1, 0.15) is 49.9 Å². The Bertz CT molecular complexity index is 1190. The molecule has 2 heterocycles. The minimum atomic E-state index is -0.781. The van der Waals surface area contributed by atoms with Gasteiger partial charge in [-0.2, -0.15) is 0 Å². The van der Waals surface area contributed by atoms with Crippen LogP contribution in [-0.2, 0) is 14.3 Å². The minimum absolute atomic E-state index is 0.0596. The number of nitrogens with one attached hydrogen (secondary N) is 1. The first-order chi connectivity index (χ1) is 16.4. The first-order valence-corrected chi connectivity index (χ1v) is 12.0. The van der Waals surface area contributed by atoms with Crippen LogP contribution in [0.15, 0.2) is 82.0 Å². The summed E-state index contributed by atoms with van der Waals surface area (Å²) >= 11 is 1.36. The van der Waals surface area contributed by atoms with Gasteiger partial charge in [0.2, 0.25) is 5.91 Å². The largest absolute Gasteiger partial charge is 0.466 e. The molecular formula is C26H26FN3O3S. The van der Waals surface area contributed by atoms with Crippen molar-refractivity contribution < 1.29 is 18.7 Å². The molecule has 0 aromatic heterocycles. The summed E-state index contributed by atoms with van der Waals surface area (Å²) in [6.45, 7) is 3.81. The van der Waals surface area contributed by atoms with E-state index < -0.39 is 17.8 Å². The normalized spacial score (nSPS) is 18.1. The molecule has 2 aromatic carbocycles. The summed E-state index contributed by atoms with van der Waals surface area (Å²) < 4.78 is 20.1. The molecule has 2 unspecified atom stereocenters. The molecule has 2 aromatic rings. The second-order valence-electron chi connectivity index (χ2n) is 8.00. The van der Waals surface area contributed by atoms with E-state index in [2.05, 4.69) is 10.3 Å². The number of amidine groups is 1. The topological polar surface area (TPSA) is 71.0 Å². The van der Waals surface area contributed by atoms with Gasteiger partial charge in [0.1, 0.15) is 5.82 Å². The van der Waals surface area contributed by atoms with Crippen LogP contribution in [0.2, 0.25) is 0 Å². The summed E-state index contributed by atoms with van der Waals surface area (Å²) in [5.74, 6) is -1.18. The van der Waals surface area contributed by atoms with Gasteiger partial charge in [0.15, 0.2) is 5.17 Å². The molecule has 0 saturated carbocycles.